The van der Waals surface area contributed by atoms with Gasteiger partial charge in [0.15, 0.2) is 0 Å². The zero-order chi connectivity index (χ0) is 28.4. The highest BCUT2D eigenvalue weighted by Crippen LogP contribution is 2.30. The van der Waals surface area contributed by atoms with Crippen molar-refractivity contribution in [1.82, 2.24) is 15.3 Å². The number of carbonyl (C=O) groups is 1. The summed E-state index contributed by atoms with van der Waals surface area (Å²) in [7, 11) is 3.01. The molecule has 0 bridgehead atoms. The van der Waals surface area contributed by atoms with Gasteiger partial charge in [-0.3, -0.25) is 0 Å². The Kier molecular flexibility index (Phi) is 9.85. The Bertz CT molecular complexity index is 1420. The highest BCUT2D eigenvalue weighted by atomic mass is 16.5. The Labute approximate surface area is 240 Å². The van der Waals surface area contributed by atoms with Crippen molar-refractivity contribution in [1.29, 1.82) is 0 Å². The number of aromatic amines is 1. The van der Waals surface area contributed by atoms with Crippen LogP contribution in [0.15, 0.2) is 66.7 Å². The van der Waals surface area contributed by atoms with Crippen molar-refractivity contribution in [2.24, 2.45) is 0 Å². The van der Waals surface area contributed by atoms with Crippen molar-refractivity contribution in [3.05, 3.63) is 89.2 Å². The van der Waals surface area contributed by atoms with E-state index in [1.165, 1.54) is 12.7 Å². The third-order valence-corrected chi connectivity index (χ3v) is 7.32. The number of H-pyrrole nitrogens is 1. The molecule has 2 heterocycles. The van der Waals surface area contributed by atoms with Gasteiger partial charge >= 0.3 is 5.97 Å². The van der Waals surface area contributed by atoms with E-state index in [0.717, 1.165) is 54.1 Å². The largest absolute Gasteiger partial charge is 0.496 e. The molecule has 4 aromatic rings. The third kappa shape index (κ3) is 7.24. The van der Waals surface area contributed by atoms with Gasteiger partial charge in [0, 0.05) is 30.0 Å². The van der Waals surface area contributed by atoms with Crippen LogP contribution in [0.25, 0.3) is 11.0 Å². The molecule has 9 nitrogen and oxygen atoms in total. The number of esters is 1. The lowest BCUT2D eigenvalue weighted by molar-refractivity contribution is 0.0110. The highest BCUT2D eigenvalue weighted by molar-refractivity contribution is 5.91. The lowest BCUT2D eigenvalue weighted by Gasteiger charge is -2.32. The summed E-state index contributed by atoms with van der Waals surface area (Å²) in [5, 5.41) is 3.46. The smallest absolute Gasteiger partial charge is 0.374 e. The predicted molar refractivity (Wildman–Crippen MR) is 155 cm³/mol. The van der Waals surface area contributed by atoms with Gasteiger partial charge in [-0.2, -0.15) is 0 Å². The van der Waals surface area contributed by atoms with E-state index in [1.54, 1.807) is 7.11 Å². The molecule has 1 aromatic heterocycles. The molecule has 0 saturated carbocycles. The molecule has 0 unspecified atom stereocenters. The normalized spacial score (nSPS) is 16.9. The number of nitrogens with one attached hydrogen (secondary N) is 2. The maximum absolute atomic E-state index is 11.9. The molecule has 1 aliphatic heterocycles. The molecule has 0 aliphatic carbocycles. The van der Waals surface area contributed by atoms with Gasteiger partial charge in [-0.1, -0.05) is 42.5 Å². The van der Waals surface area contributed by atoms with Gasteiger partial charge in [0.05, 0.1) is 57.8 Å². The fraction of sp³-hybridized carbons (Fsp3) is 0.375. The molecule has 0 spiro atoms. The van der Waals surface area contributed by atoms with Gasteiger partial charge in [-0.15, -0.1) is 0 Å². The lowest BCUT2D eigenvalue weighted by atomic mass is 9.87. The first-order valence-corrected chi connectivity index (χ1v) is 14.0. The molecule has 0 radical (unpaired) electrons. The summed E-state index contributed by atoms with van der Waals surface area (Å²) in [5.41, 5.74) is 4.72. The average Bonchev–Trinajstić information content (AvgIpc) is 3.47. The fourth-order valence-corrected chi connectivity index (χ4v) is 5.15. The van der Waals surface area contributed by atoms with Gasteiger partial charge in [-0.05, 0) is 42.8 Å². The number of carbonyl (C=O) groups excluding carboxylic acids is 1. The molecule has 0 amide bonds. The molecule has 2 atom stereocenters. The van der Waals surface area contributed by atoms with Crippen LogP contribution in [-0.2, 0) is 27.4 Å². The predicted octanol–water partition coefficient (Wildman–Crippen LogP) is 5.01. The van der Waals surface area contributed by atoms with Gasteiger partial charge in [0.1, 0.15) is 11.5 Å². The van der Waals surface area contributed by atoms with E-state index in [2.05, 4.69) is 27.4 Å². The van der Waals surface area contributed by atoms with E-state index >= 15 is 0 Å². The molecular weight excluding hydrogens is 522 g/mol. The van der Waals surface area contributed by atoms with Crippen molar-refractivity contribution in [3.8, 4) is 11.5 Å². The van der Waals surface area contributed by atoms with Crippen molar-refractivity contribution in [3.63, 3.8) is 0 Å². The number of fused-ring (bicyclic) bond motifs is 1. The maximum atomic E-state index is 11.9. The number of nitrogens with zero attached hydrogens (tertiary/aromatic N) is 1. The minimum atomic E-state index is -0.491. The average molecular weight is 560 g/mol. The maximum Gasteiger partial charge on any atom is 0.374 e. The number of benzene rings is 3. The Morgan fingerprint density at radius 1 is 0.951 bits per heavy atom. The summed E-state index contributed by atoms with van der Waals surface area (Å²) in [4.78, 5) is 19.3. The SMILES string of the molecule is COC(=O)c1nc2cccc(CO[C@H]3CNCC[C@@H]3c3ccc(OCCCOCc4ccccc4OC)cc3)c2[nH]1. The zero-order valence-corrected chi connectivity index (χ0v) is 23.6. The minimum absolute atomic E-state index is 0.00848. The second-order valence-electron chi connectivity index (χ2n) is 9.97. The van der Waals surface area contributed by atoms with Crippen LogP contribution in [0.2, 0.25) is 0 Å². The van der Waals surface area contributed by atoms with E-state index in [4.69, 9.17) is 23.7 Å². The van der Waals surface area contributed by atoms with Crippen LogP contribution in [-0.4, -0.2) is 62.6 Å². The number of methoxy groups -OCH3 is 2. The fourth-order valence-electron chi connectivity index (χ4n) is 5.15. The topological polar surface area (TPSA) is 104 Å². The van der Waals surface area contributed by atoms with Gasteiger partial charge < -0.3 is 34.0 Å². The monoisotopic (exact) mass is 559 g/mol. The number of imidazole rings is 1. The molecular formula is C32H37N3O6. The second kappa shape index (κ2) is 14.1. The Balaban J connectivity index is 1.11. The van der Waals surface area contributed by atoms with Crippen LogP contribution in [0.4, 0.5) is 0 Å². The number of piperidine rings is 1. The van der Waals surface area contributed by atoms with Crippen LogP contribution in [0.3, 0.4) is 0 Å². The molecule has 1 fully saturated rings. The van der Waals surface area contributed by atoms with Crippen LogP contribution < -0.4 is 14.8 Å². The molecule has 3 aromatic carbocycles. The Morgan fingerprint density at radius 3 is 2.61 bits per heavy atom. The summed E-state index contributed by atoms with van der Waals surface area (Å²) >= 11 is 0. The molecule has 5 rings (SSSR count). The molecule has 1 aliphatic rings. The van der Waals surface area contributed by atoms with Crippen LogP contribution in [0.1, 0.15) is 46.1 Å². The van der Waals surface area contributed by atoms with E-state index in [0.29, 0.717) is 31.9 Å². The van der Waals surface area contributed by atoms with Gasteiger partial charge in [0.25, 0.3) is 0 Å². The first kappa shape index (κ1) is 28.6. The van der Waals surface area contributed by atoms with Crippen molar-refractivity contribution in [2.45, 2.75) is 38.1 Å². The Hall–Kier alpha value is -3.92. The van der Waals surface area contributed by atoms with Gasteiger partial charge in [-0.25, -0.2) is 9.78 Å². The Morgan fingerprint density at radius 2 is 1.78 bits per heavy atom. The van der Waals surface area contributed by atoms with Crippen LogP contribution in [0, 0.1) is 0 Å². The van der Waals surface area contributed by atoms with Crippen LogP contribution in [0.5, 0.6) is 11.5 Å². The van der Waals surface area contributed by atoms with Crippen molar-refractivity contribution in [2.75, 3.05) is 40.5 Å². The number of hydrogen-bond acceptors (Lipinski definition) is 8. The molecule has 9 heteroatoms. The number of aromatic nitrogens is 2. The summed E-state index contributed by atoms with van der Waals surface area (Å²) < 4.78 is 28.4. The van der Waals surface area contributed by atoms with E-state index < -0.39 is 5.97 Å². The highest BCUT2D eigenvalue weighted by Gasteiger charge is 2.27. The quantitative estimate of drug-likeness (QED) is 0.174. The van der Waals surface area contributed by atoms with Crippen molar-refractivity contribution >= 4 is 17.0 Å². The van der Waals surface area contributed by atoms with E-state index in [9.17, 15) is 4.79 Å². The molecule has 1 saturated heterocycles. The summed E-state index contributed by atoms with van der Waals surface area (Å²) in [6.45, 7) is 3.83. The molecule has 216 valence electrons. The minimum Gasteiger partial charge on any atom is -0.496 e. The first-order valence-electron chi connectivity index (χ1n) is 14.0. The summed E-state index contributed by atoms with van der Waals surface area (Å²) in [6, 6.07) is 22.0. The standard InChI is InChI=1S/C32H37N3O6/c1-37-28-10-4-3-7-23(28)20-39-17-6-18-40-25-13-11-22(12-14-25)26-15-16-33-19-29(26)41-21-24-8-5-9-27-30(24)35-31(34-27)32(36)38-2/h3-5,7-14,26,29,33H,6,15-21H2,1-2H3,(H,34,35)/t26-,29+/m1/s1. The third-order valence-electron chi connectivity index (χ3n) is 7.32. The first-order chi connectivity index (χ1) is 20.2. The number of hydrogen-bond donors (Lipinski definition) is 2. The van der Waals surface area contributed by atoms with E-state index in [-0.39, 0.29) is 17.8 Å². The molecule has 41 heavy (non-hydrogen) atoms. The van der Waals surface area contributed by atoms with Crippen LogP contribution >= 0.6 is 0 Å². The zero-order valence-electron chi connectivity index (χ0n) is 23.6. The number of ether oxygens (including phenoxy) is 5. The summed E-state index contributed by atoms with van der Waals surface area (Å²) in [6.07, 6.45) is 1.79. The second-order valence-corrected chi connectivity index (χ2v) is 9.97. The number of rotatable bonds is 13. The molecule has 2 N–H and O–H groups in total. The summed E-state index contributed by atoms with van der Waals surface area (Å²) in [5.74, 6) is 1.65. The number of para-hydroxylation sites is 2. The lowest BCUT2D eigenvalue weighted by Crippen LogP contribution is -2.40. The van der Waals surface area contributed by atoms with Crippen molar-refractivity contribution < 1.29 is 28.5 Å². The van der Waals surface area contributed by atoms with Gasteiger partial charge in [0.2, 0.25) is 5.82 Å². The van der Waals surface area contributed by atoms with E-state index in [1.807, 2.05) is 54.6 Å².